The van der Waals surface area contributed by atoms with Crippen molar-refractivity contribution in [2.75, 3.05) is 19.0 Å². The van der Waals surface area contributed by atoms with E-state index in [1.165, 1.54) is 6.08 Å². The molecule has 0 spiro atoms. The van der Waals surface area contributed by atoms with Crippen molar-refractivity contribution in [3.05, 3.63) is 57.2 Å². The number of nitrogens with zero attached hydrogens (tertiary/aromatic N) is 1. The number of nitrogens with one attached hydrogen (secondary N) is 1. The van der Waals surface area contributed by atoms with E-state index in [1.54, 1.807) is 25.3 Å². The van der Waals surface area contributed by atoms with E-state index < -0.39 is 5.91 Å². The van der Waals surface area contributed by atoms with Crippen molar-refractivity contribution < 1.29 is 14.3 Å². The lowest BCUT2D eigenvalue weighted by atomic mass is 10.1. The molecule has 2 rings (SSSR count). The molecule has 1 N–H and O–H groups in total. The lowest BCUT2D eigenvalue weighted by Crippen LogP contribution is -2.13. The standard InChI is InChI=1S/C19H17IN2O3/c1-3-25-17-11-13(10-16(20)18(17)24-2)9-14(12-21)19(23)22-15-7-5-4-6-8-15/h4-11H,3H2,1-2H3,(H,22,23)/b14-9-. The van der Waals surface area contributed by atoms with E-state index in [4.69, 9.17) is 9.47 Å². The second-order valence-corrected chi connectivity index (χ2v) is 6.12. The summed E-state index contributed by atoms with van der Waals surface area (Å²) < 4.78 is 11.8. The van der Waals surface area contributed by atoms with Crippen LogP contribution in [0.2, 0.25) is 0 Å². The Morgan fingerprint density at radius 3 is 2.64 bits per heavy atom. The molecule has 25 heavy (non-hydrogen) atoms. The molecule has 0 radical (unpaired) electrons. The van der Waals surface area contributed by atoms with Crippen LogP contribution in [0.25, 0.3) is 6.08 Å². The summed E-state index contributed by atoms with van der Waals surface area (Å²) in [5.74, 6) is 0.744. The van der Waals surface area contributed by atoms with Crippen LogP contribution in [0, 0.1) is 14.9 Å². The number of amides is 1. The Hall–Kier alpha value is -2.53. The van der Waals surface area contributed by atoms with E-state index in [0.717, 1.165) is 3.57 Å². The second kappa shape index (κ2) is 9.08. The quantitative estimate of drug-likeness (QED) is 0.408. The number of rotatable bonds is 6. The number of carbonyl (C=O) groups excluding carboxylic acids is 1. The fraction of sp³-hybridized carbons (Fsp3) is 0.158. The largest absolute Gasteiger partial charge is 0.492 e. The number of halogens is 1. The summed E-state index contributed by atoms with van der Waals surface area (Å²) in [4.78, 5) is 12.3. The van der Waals surface area contributed by atoms with E-state index in [0.29, 0.717) is 29.4 Å². The zero-order valence-electron chi connectivity index (χ0n) is 13.9. The number of carbonyl (C=O) groups is 1. The van der Waals surface area contributed by atoms with Gasteiger partial charge in [0.1, 0.15) is 11.6 Å². The van der Waals surface area contributed by atoms with E-state index in [2.05, 4.69) is 27.9 Å². The third-order valence-corrected chi connectivity index (χ3v) is 4.04. The van der Waals surface area contributed by atoms with Crippen LogP contribution in [-0.2, 0) is 4.79 Å². The average Bonchev–Trinajstić information content (AvgIpc) is 2.60. The molecule has 1 amide bonds. The van der Waals surface area contributed by atoms with Gasteiger partial charge in [0.25, 0.3) is 5.91 Å². The minimum Gasteiger partial charge on any atom is -0.492 e. The van der Waals surface area contributed by atoms with Crippen molar-refractivity contribution in [1.29, 1.82) is 5.26 Å². The fourth-order valence-electron chi connectivity index (χ4n) is 2.17. The lowest BCUT2D eigenvalue weighted by Gasteiger charge is -2.12. The number of benzene rings is 2. The number of hydrogen-bond acceptors (Lipinski definition) is 4. The summed E-state index contributed by atoms with van der Waals surface area (Å²) in [6.07, 6.45) is 1.53. The van der Waals surface area contributed by atoms with Crippen molar-refractivity contribution in [3.63, 3.8) is 0 Å². The van der Waals surface area contributed by atoms with Crippen LogP contribution >= 0.6 is 22.6 Å². The highest BCUT2D eigenvalue weighted by atomic mass is 127. The van der Waals surface area contributed by atoms with E-state index >= 15 is 0 Å². The van der Waals surface area contributed by atoms with Crippen molar-refractivity contribution >= 4 is 40.3 Å². The number of para-hydroxylation sites is 1. The van der Waals surface area contributed by atoms with Crippen LogP contribution < -0.4 is 14.8 Å². The Kier molecular flexibility index (Phi) is 6.83. The monoisotopic (exact) mass is 448 g/mol. The van der Waals surface area contributed by atoms with Crippen LogP contribution in [0.5, 0.6) is 11.5 Å². The zero-order valence-corrected chi connectivity index (χ0v) is 16.0. The molecule has 128 valence electrons. The van der Waals surface area contributed by atoms with Gasteiger partial charge in [0.2, 0.25) is 0 Å². The number of nitriles is 1. The van der Waals surface area contributed by atoms with Crippen LogP contribution in [-0.4, -0.2) is 19.6 Å². The van der Waals surface area contributed by atoms with Gasteiger partial charge in [-0.2, -0.15) is 5.26 Å². The first-order valence-corrected chi connectivity index (χ1v) is 8.65. The van der Waals surface area contributed by atoms with Crippen LogP contribution in [0.15, 0.2) is 48.0 Å². The molecule has 0 bridgehead atoms. The summed E-state index contributed by atoms with van der Waals surface area (Å²) in [5, 5.41) is 12.0. The summed E-state index contributed by atoms with van der Waals surface area (Å²) in [6.45, 7) is 2.36. The maximum absolute atomic E-state index is 12.3. The van der Waals surface area contributed by atoms with Gasteiger partial charge < -0.3 is 14.8 Å². The molecule has 6 heteroatoms. The average molecular weight is 448 g/mol. The van der Waals surface area contributed by atoms with E-state index in [1.807, 2.05) is 37.3 Å². The summed E-state index contributed by atoms with van der Waals surface area (Å²) in [7, 11) is 1.57. The SMILES string of the molecule is CCOc1cc(/C=C(/C#N)C(=O)Nc2ccccc2)cc(I)c1OC. The molecule has 0 unspecified atom stereocenters. The van der Waals surface area contributed by atoms with Gasteiger partial charge >= 0.3 is 0 Å². The number of ether oxygens (including phenoxy) is 2. The molecule has 0 aromatic heterocycles. The highest BCUT2D eigenvalue weighted by molar-refractivity contribution is 14.1. The predicted molar refractivity (Wildman–Crippen MR) is 106 cm³/mol. The van der Waals surface area contributed by atoms with Gasteiger partial charge in [-0.05, 0) is 65.4 Å². The number of hydrogen-bond donors (Lipinski definition) is 1. The molecule has 0 saturated carbocycles. The minimum atomic E-state index is -0.461. The van der Waals surface area contributed by atoms with Gasteiger partial charge in [-0.3, -0.25) is 4.79 Å². The van der Waals surface area contributed by atoms with Gasteiger partial charge in [0.05, 0.1) is 17.3 Å². The number of anilines is 1. The first-order valence-electron chi connectivity index (χ1n) is 7.57. The van der Waals surface area contributed by atoms with Crippen molar-refractivity contribution in [2.45, 2.75) is 6.92 Å². The van der Waals surface area contributed by atoms with Crippen LogP contribution in [0.3, 0.4) is 0 Å². The normalized spacial score (nSPS) is 10.7. The van der Waals surface area contributed by atoms with Gasteiger partial charge in [0, 0.05) is 5.69 Å². The number of methoxy groups -OCH3 is 1. The topological polar surface area (TPSA) is 71.3 Å². The lowest BCUT2D eigenvalue weighted by molar-refractivity contribution is -0.112. The zero-order chi connectivity index (χ0) is 18.2. The van der Waals surface area contributed by atoms with Crippen molar-refractivity contribution in [3.8, 4) is 17.6 Å². The highest BCUT2D eigenvalue weighted by Gasteiger charge is 2.13. The third kappa shape index (κ3) is 4.97. The molecule has 0 atom stereocenters. The minimum absolute atomic E-state index is 0.00673. The smallest absolute Gasteiger partial charge is 0.266 e. The fourth-order valence-corrected chi connectivity index (χ4v) is 3.01. The van der Waals surface area contributed by atoms with E-state index in [-0.39, 0.29) is 5.57 Å². The second-order valence-electron chi connectivity index (χ2n) is 4.96. The Morgan fingerprint density at radius 1 is 1.32 bits per heavy atom. The molecule has 0 aliphatic rings. The van der Waals surface area contributed by atoms with E-state index in [9.17, 15) is 10.1 Å². The molecular weight excluding hydrogens is 431 g/mol. The van der Waals surface area contributed by atoms with Crippen molar-refractivity contribution in [2.24, 2.45) is 0 Å². The van der Waals surface area contributed by atoms with Gasteiger partial charge in [-0.15, -0.1) is 0 Å². The summed E-state index contributed by atoms with van der Waals surface area (Å²) >= 11 is 2.13. The summed E-state index contributed by atoms with van der Waals surface area (Å²) in [6, 6.07) is 14.5. The molecule has 2 aromatic carbocycles. The molecular formula is C19H17IN2O3. The van der Waals surface area contributed by atoms with Crippen LogP contribution in [0.4, 0.5) is 5.69 Å². The van der Waals surface area contributed by atoms with Crippen LogP contribution in [0.1, 0.15) is 12.5 Å². The third-order valence-electron chi connectivity index (χ3n) is 3.24. The molecule has 0 saturated heterocycles. The van der Waals surface area contributed by atoms with Gasteiger partial charge in [-0.1, -0.05) is 18.2 Å². The predicted octanol–water partition coefficient (Wildman–Crippen LogP) is 4.24. The molecule has 0 aliphatic heterocycles. The maximum atomic E-state index is 12.3. The molecule has 0 heterocycles. The molecule has 0 aliphatic carbocycles. The Labute approximate surface area is 160 Å². The highest BCUT2D eigenvalue weighted by Crippen LogP contribution is 2.34. The molecule has 2 aromatic rings. The van der Waals surface area contributed by atoms with Gasteiger partial charge in [0.15, 0.2) is 11.5 Å². The molecule has 5 nitrogen and oxygen atoms in total. The summed E-state index contributed by atoms with van der Waals surface area (Å²) in [5.41, 5.74) is 1.33. The van der Waals surface area contributed by atoms with Crippen molar-refractivity contribution in [1.82, 2.24) is 0 Å². The molecule has 0 fully saturated rings. The first-order chi connectivity index (χ1) is 12.1. The maximum Gasteiger partial charge on any atom is 0.266 e. The Bertz CT molecular complexity index is 827. The Morgan fingerprint density at radius 2 is 2.04 bits per heavy atom. The Balaban J connectivity index is 2.32. The first kappa shape index (κ1) is 18.8. The van der Waals surface area contributed by atoms with Gasteiger partial charge in [-0.25, -0.2) is 0 Å².